The number of esters is 2. The maximum Gasteiger partial charge on any atom is 0.324 e. The third-order valence-corrected chi connectivity index (χ3v) is 6.27. The molecular weight excluding hydrogens is 376 g/mol. The zero-order valence-corrected chi connectivity index (χ0v) is 18.1. The number of methoxy groups -OCH3 is 2. The molecule has 0 radical (unpaired) electrons. The quantitative estimate of drug-likeness (QED) is 0.355. The van der Waals surface area contributed by atoms with E-state index in [0.717, 1.165) is 35.1 Å². The Balaban J connectivity index is 2.66. The molecule has 0 N–H and O–H groups in total. The van der Waals surface area contributed by atoms with Gasteiger partial charge in [-0.05, 0) is 38.2 Å². The van der Waals surface area contributed by atoms with Gasteiger partial charge in [0.1, 0.15) is 0 Å². The van der Waals surface area contributed by atoms with Crippen molar-refractivity contribution < 1.29 is 19.1 Å². The largest absolute Gasteiger partial charge is 0.468 e. The number of halogens is 1. The van der Waals surface area contributed by atoms with Gasteiger partial charge < -0.3 is 9.47 Å². The Bertz CT molecular complexity index is 770. The molecule has 1 atom stereocenters. The summed E-state index contributed by atoms with van der Waals surface area (Å²) in [5.41, 5.74) is 2.64. The van der Waals surface area contributed by atoms with Gasteiger partial charge in [0.25, 0.3) is 0 Å². The highest BCUT2D eigenvalue weighted by Crippen LogP contribution is 2.54. The summed E-state index contributed by atoms with van der Waals surface area (Å²) in [4.78, 5) is 25.9. The number of rotatable bonds is 7. The summed E-state index contributed by atoms with van der Waals surface area (Å²) in [5.74, 6) is -1.77. The van der Waals surface area contributed by atoms with Crippen LogP contribution in [-0.4, -0.2) is 26.2 Å². The number of benzene rings is 1. The first-order valence-corrected chi connectivity index (χ1v) is 10.0. The zero-order valence-electron chi connectivity index (χ0n) is 17.3. The van der Waals surface area contributed by atoms with Gasteiger partial charge in [0, 0.05) is 11.0 Å². The second kappa shape index (κ2) is 9.42. The first-order valence-electron chi connectivity index (χ1n) is 9.63. The van der Waals surface area contributed by atoms with Gasteiger partial charge in [-0.3, -0.25) is 9.59 Å². The summed E-state index contributed by atoms with van der Waals surface area (Å²) in [7, 11) is 2.60. The van der Waals surface area contributed by atoms with Crippen LogP contribution in [0.3, 0.4) is 0 Å². The van der Waals surface area contributed by atoms with Crippen LogP contribution >= 0.6 is 11.6 Å². The molecule has 0 heterocycles. The smallest absolute Gasteiger partial charge is 0.324 e. The van der Waals surface area contributed by atoms with Gasteiger partial charge in [-0.1, -0.05) is 72.5 Å². The van der Waals surface area contributed by atoms with Gasteiger partial charge in [0.05, 0.1) is 14.2 Å². The lowest BCUT2D eigenvalue weighted by atomic mass is 9.73. The predicted octanol–water partition coefficient (Wildman–Crippen LogP) is 5.21. The molecule has 5 heteroatoms. The molecule has 4 nitrogen and oxygen atoms in total. The van der Waals surface area contributed by atoms with E-state index in [2.05, 4.69) is 0 Å². The van der Waals surface area contributed by atoms with E-state index in [4.69, 9.17) is 21.1 Å². The molecule has 0 spiro atoms. The highest BCUT2D eigenvalue weighted by atomic mass is 35.5. The molecule has 0 saturated heterocycles. The normalized spacial score (nSPS) is 18.0. The van der Waals surface area contributed by atoms with Crippen molar-refractivity contribution in [3.8, 4) is 0 Å². The van der Waals surface area contributed by atoms with Crippen LogP contribution in [0.1, 0.15) is 45.6 Å². The summed E-state index contributed by atoms with van der Waals surface area (Å²) in [5, 5.41) is 0.557. The SMILES string of the molecule is CCC(CC)=C(Cl)C1C(C)=C(Cc2ccccc2)CC1(C(=O)OC)C(=O)OC. The standard InChI is InChI=1S/C23H29ClO4/c1-6-17(7-2)20(24)19-15(3)18(13-16-11-9-8-10-12-16)14-23(19,21(25)27-4)22(26)28-5/h8-12,19H,6-7,13-14H2,1-5H3. The lowest BCUT2D eigenvalue weighted by Gasteiger charge is -2.32. The Morgan fingerprint density at radius 2 is 1.61 bits per heavy atom. The molecule has 1 aromatic rings. The van der Waals surface area contributed by atoms with Crippen LogP contribution in [0, 0.1) is 11.3 Å². The van der Waals surface area contributed by atoms with E-state index in [1.54, 1.807) is 0 Å². The Labute approximate surface area is 172 Å². The van der Waals surface area contributed by atoms with Crippen molar-refractivity contribution in [1.82, 2.24) is 0 Å². The van der Waals surface area contributed by atoms with Crippen LogP contribution in [0.5, 0.6) is 0 Å². The van der Waals surface area contributed by atoms with E-state index in [1.165, 1.54) is 14.2 Å². The highest BCUT2D eigenvalue weighted by Gasteiger charge is 2.60. The van der Waals surface area contributed by atoms with E-state index in [0.29, 0.717) is 11.5 Å². The van der Waals surface area contributed by atoms with E-state index < -0.39 is 23.3 Å². The third kappa shape index (κ3) is 3.88. The van der Waals surface area contributed by atoms with Crippen LogP contribution in [0.4, 0.5) is 0 Å². The lowest BCUT2D eigenvalue weighted by molar-refractivity contribution is -0.170. The summed E-state index contributed by atoms with van der Waals surface area (Å²) in [6, 6.07) is 9.98. The zero-order chi connectivity index (χ0) is 20.9. The summed E-state index contributed by atoms with van der Waals surface area (Å²) in [6.45, 7) is 6.01. The average molecular weight is 405 g/mol. The van der Waals surface area contributed by atoms with Crippen molar-refractivity contribution in [3.63, 3.8) is 0 Å². The second-order valence-electron chi connectivity index (χ2n) is 7.17. The molecule has 0 fully saturated rings. The topological polar surface area (TPSA) is 52.6 Å². The molecule has 28 heavy (non-hydrogen) atoms. The Kier molecular flexibility index (Phi) is 7.48. The third-order valence-electron chi connectivity index (χ3n) is 5.78. The molecule has 1 aliphatic carbocycles. The maximum atomic E-state index is 13.0. The van der Waals surface area contributed by atoms with Crippen LogP contribution in [0.25, 0.3) is 0 Å². The Hall–Kier alpha value is -2.07. The van der Waals surface area contributed by atoms with Gasteiger partial charge in [-0.15, -0.1) is 0 Å². The van der Waals surface area contributed by atoms with E-state index in [1.807, 2.05) is 51.1 Å². The Morgan fingerprint density at radius 3 is 2.07 bits per heavy atom. The fraction of sp³-hybridized carbons (Fsp3) is 0.478. The van der Waals surface area contributed by atoms with Crippen LogP contribution in [0.15, 0.2) is 52.1 Å². The molecule has 0 saturated carbocycles. The number of hydrogen-bond acceptors (Lipinski definition) is 4. The highest BCUT2D eigenvalue weighted by molar-refractivity contribution is 6.31. The van der Waals surface area contributed by atoms with Crippen LogP contribution < -0.4 is 0 Å². The maximum absolute atomic E-state index is 13.0. The van der Waals surface area contributed by atoms with E-state index >= 15 is 0 Å². The molecule has 0 aromatic heterocycles. The van der Waals surface area contributed by atoms with Gasteiger partial charge in [0.2, 0.25) is 0 Å². The molecule has 152 valence electrons. The molecule has 0 amide bonds. The molecular formula is C23H29ClO4. The molecule has 0 bridgehead atoms. The van der Waals surface area contributed by atoms with Crippen molar-refractivity contribution in [2.75, 3.05) is 14.2 Å². The fourth-order valence-corrected chi connectivity index (χ4v) is 4.84. The van der Waals surface area contributed by atoms with Gasteiger partial charge in [0.15, 0.2) is 5.41 Å². The van der Waals surface area contributed by atoms with Gasteiger partial charge in [-0.2, -0.15) is 0 Å². The first kappa shape index (κ1) is 22.2. The Morgan fingerprint density at radius 1 is 1.07 bits per heavy atom. The second-order valence-corrected chi connectivity index (χ2v) is 7.58. The fourth-order valence-electron chi connectivity index (χ4n) is 4.22. The van der Waals surface area contributed by atoms with Gasteiger partial charge >= 0.3 is 11.9 Å². The number of hydrogen-bond donors (Lipinski definition) is 0. The minimum Gasteiger partial charge on any atom is -0.468 e. The summed E-state index contributed by atoms with van der Waals surface area (Å²) >= 11 is 6.83. The number of carbonyl (C=O) groups excluding carboxylic acids is 2. The summed E-state index contributed by atoms with van der Waals surface area (Å²) in [6.07, 6.45) is 2.41. The van der Waals surface area contributed by atoms with Crippen molar-refractivity contribution in [2.45, 2.75) is 46.5 Å². The minimum absolute atomic E-state index is 0.245. The van der Waals surface area contributed by atoms with Gasteiger partial charge in [-0.25, -0.2) is 0 Å². The monoisotopic (exact) mass is 404 g/mol. The molecule has 1 aliphatic rings. The molecule has 2 rings (SSSR count). The average Bonchev–Trinajstić information content (AvgIpc) is 3.01. The van der Waals surface area contributed by atoms with Crippen molar-refractivity contribution in [2.24, 2.45) is 11.3 Å². The van der Waals surface area contributed by atoms with Crippen LogP contribution in [0.2, 0.25) is 0 Å². The van der Waals surface area contributed by atoms with Crippen molar-refractivity contribution in [1.29, 1.82) is 0 Å². The van der Waals surface area contributed by atoms with Crippen molar-refractivity contribution in [3.05, 3.63) is 57.6 Å². The first-order chi connectivity index (χ1) is 13.4. The summed E-state index contributed by atoms with van der Waals surface area (Å²) < 4.78 is 10.2. The van der Waals surface area contributed by atoms with Crippen molar-refractivity contribution >= 4 is 23.5 Å². The molecule has 1 aromatic carbocycles. The number of carbonyl (C=O) groups is 2. The number of ether oxygens (including phenoxy) is 2. The van der Waals surface area contributed by atoms with E-state index in [9.17, 15) is 9.59 Å². The molecule has 1 unspecified atom stereocenters. The molecule has 0 aliphatic heterocycles. The lowest BCUT2D eigenvalue weighted by Crippen LogP contribution is -2.45. The van der Waals surface area contributed by atoms with E-state index in [-0.39, 0.29) is 6.42 Å². The minimum atomic E-state index is -1.48. The number of allylic oxidation sites excluding steroid dienone is 4. The predicted molar refractivity (Wildman–Crippen MR) is 111 cm³/mol. The van der Waals surface area contributed by atoms with Crippen LogP contribution in [-0.2, 0) is 25.5 Å².